The van der Waals surface area contributed by atoms with Crippen LogP contribution in [-0.2, 0) is 4.79 Å². The lowest BCUT2D eigenvalue weighted by atomic mass is 9.79. The highest BCUT2D eigenvalue weighted by Gasteiger charge is 2.41. The van der Waals surface area contributed by atoms with Gasteiger partial charge in [0.25, 0.3) is 0 Å². The third-order valence-corrected chi connectivity index (χ3v) is 1.78. The number of halogens is 1. The van der Waals surface area contributed by atoms with Gasteiger partial charge in [0, 0.05) is 0 Å². The normalized spacial score (nSPS) is 24.2. The van der Waals surface area contributed by atoms with Crippen LogP contribution in [0.25, 0.3) is 0 Å². The maximum Gasteiger partial charge on any atom is 0.168 e. The van der Waals surface area contributed by atoms with E-state index >= 15 is 0 Å². The summed E-state index contributed by atoms with van der Waals surface area (Å²) in [6.07, 6.45) is 1.76. The van der Waals surface area contributed by atoms with Crippen LogP contribution in [0.15, 0.2) is 0 Å². The first-order valence-corrected chi connectivity index (χ1v) is 2.85. The second-order valence-corrected chi connectivity index (χ2v) is 2.38. The molecule has 0 aromatic heterocycles. The molecule has 8 heavy (non-hydrogen) atoms. The molecule has 46 valence electrons. The summed E-state index contributed by atoms with van der Waals surface area (Å²) in [4.78, 5) is 10.4. The maximum atomic E-state index is 12.7. The highest BCUT2D eigenvalue weighted by Crippen LogP contribution is 2.36. The Bertz CT molecular complexity index is 116. The summed E-state index contributed by atoms with van der Waals surface area (Å²) < 4.78 is 12.7. The van der Waals surface area contributed by atoms with Crippen LogP contribution < -0.4 is 0 Å². The quantitative estimate of drug-likeness (QED) is 0.507. The van der Waals surface area contributed by atoms with Gasteiger partial charge in [-0.2, -0.15) is 0 Å². The highest BCUT2D eigenvalue weighted by atomic mass is 19.1. The van der Waals surface area contributed by atoms with Gasteiger partial charge in [-0.1, -0.05) is 0 Å². The molecule has 1 fully saturated rings. The lowest BCUT2D eigenvalue weighted by molar-refractivity contribution is -0.133. The van der Waals surface area contributed by atoms with Crippen molar-refractivity contribution in [1.82, 2.24) is 0 Å². The molecule has 0 amide bonds. The summed E-state index contributed by atoms with van der Waals surface area (Å²) in [5.74, 6) is -0.302. The lowest BCUT2D eigenvalue weighted by Crippen LogP contribution is -2.38. The Balaban J connectivity index is 2.53. The number of hydrogen-bond acceptors (Lipinski definition) is 1. The topological polar surface area (TPSA) is 17.1 Å². The van der Waals surface area contributed by atoms with Crippen LogP contribution in [0.4, 0.5) is 4.39 Å². The van der Waals surface area contributed by atoms with E-state index in [2.05, 4.69) is 0 Å². The molecule has 1 nitrogen and oxygen atoms in total. The predicted molar refractivity (Wildman–Crippen MR) is 28.4 cm³/mol. The molecule has 0 atom stereocenters. The van der Waals surface area contributed by atoms with Crippen LogP contribution in [0, 0.1) is 0 Å². The molecule has 0 radical (unpaired) electrons. The Morgan fingerprint density at radius 3 is 2.12 bits per heavy atom. The molecular formula is C6H9FO. The van der Waals surface area contributed by atoms with E-state index in [1.54, 1.807) is 0 Å². The van der Waals surface area contributed by atoms with Crippen LogP contribution in [-0.4, -0.2) is 11.5 Å². The number of rotatable bonds is 1. The highest BCUT2D eigenvalue weighted by molar-refractivity contribution is 5.85. The minimum absolute atomic E-state index is 0.302. The van der Waals surface area contributed by atoms with E-state index < -0.39 is 5.67 Å². The molecule has 0 N–H and O–H groups in total. The maximum absolute atomic E-state index is 12.7. The zero-order valence-corrected chi connectivity index (χ0v) is 4.91. The lowest BCUT2D eigenvalue weighted by Gasteiger charge is -2.30. The van der Waals surface area contributed by atoms with E-state index in [1.165, 1.54) is 6.92 Å². The largest absolute Gasteiger partial charge is 0.296 e. The summed E-state index contributed by atoms with van der Waals surface area (Å²) in [7, 11) is 0. The Kier molecular flexibility index (Phi) is 1.10. The molecule has 1 aliphatic carbocycles. The molecule has 0 bridgehead atoms. The van der Waals surface area contributed by atoms with Gasteiger partial charge in [0.05, 0.1) is 0 Å². The van der Waals surface area contributed by atoms with Gasteiger partial charge in [0.15, 0.2) is 11.5 Å². The van der Waals surface area contributed by atoms with Crippen molar-refractivity contribution in [3.8, 4) is 0 Å². The van der Waals surface area contributed by atoms with Gasteiger partial charge >= 0.3 is 0 Å². The summed E-state index contributed by atoms with van der Waals surface area (Å²) in [6, 6.07) is 0. The molecule has 0 spiro atoms. The van der Waals surface area contributed by atoms with Crippen LogP contribution in [0.2, 0.25) is 0 Å². The standard InChI is InChI=1S/C6H9FO/c1-5(8)6(7)3-2-4-6/h2-4H2,1H3. The first-order chi connectivity index (χ1) is 3.65. The van der Waals surface area contributed by atoms with Gasteiger partial charge < -0.3 is 0 Å². The van der Waals surface area contributed by atoms with Crippen LogP contribution in [0.5, 0.6) is 0 Å². The van der Waals surface area contributed by atoms with Crippen molar-refractivity contribution < 1.29 is 9.18 Å². The van der Waals surface area contributed by atoms with Gasteiger partial charge in [-0.15, -0.1) is 0 Å². The van der Waals surface area contributed by atoms with E-state index in [0.29, 0.717) is 12.8 Å². The van der Waals surface area contributed by atoms with Gasteiger partial charge in [-0.05, 0) is 26.2 Å². The molecule has 1 aliphatic rings. The van der Waals surface area contributed by atoms with Crippen LogP contribution >= 0.6 is 0 Å². The number of alkyl halides is 1. The monoisotopic (exact) mass is 116 g/mol. The third-order valence-electron chi connectivity index (χ3n) is 1.78. The van der Waals surface area contributed by atoms with Gasteiger partial charge in [-0.3, -0.25) is 4.79 Å². The molecule has 0 aromatic rings. The average molecular weight is 116 g/mol. The minimum Gasteiger partial charge on any atom is -0.296 e. The van der Waals surface area contributed by atoms with Crippen molar-refractivity contribution >= 4 is 5.78 Å². The summed E-state index contributed by atoms with van der Waals surface area (Å²) in [5.41, 5.74) is -1.42. The third kappa shape index (κ3) is 0.641. The van der Waals surface area contributed by atoms with Gasteiger partial charge in [0.2, 0.25) is 0 Å². The van der Waals surface area contributed by atoms with E-state index in [1.807, 2.05) is 0 Å². The number of hydrogen-bond donors (Lipinski definition) is 0. The molecular weight excluding hydrogens is 107 g/mol. The summed E-state index contributed by atoms with van der Waals surface area (Å²) in [6.45, 7) is 1.32. The van der Waals surface area contributed by atoms with Crippen molar-refractivity contribution in [2.45, 2.75) is 31.9 Å². The molecule has 0 heterocycles. The second-order valence-electron chi connectivity index (χ2n) is 2.38. The van der Waals surface area contributed by atoms with Crippen LogP contribution in [0.3, 0.4) is 0 Å². The molecule has 0 aliphatic heterocycles. The van der Waals surface area contributed by atoms with E-state index in [4.69, 9.17) is 0 Å². The van der Waals surface area contributed by atoms with Crippen molar-refractivity contribution in [2.75, 3.05) is 0 Å². The first kappa shape index (κ1) is 5.73. The number of ketones is 1. The Morgan fingerprint density at radius 1 is 1.62 bits per heavy atom. The number of Topliss-reactive ketones (excluding diaryl/α,β-unsaturated/α-hetero) is 1. The average Bonchev–Trinajstić information content (AvgIpc) is 1.60. The van der Waals surface area contributed by atoms with E-state index in [0.717, 1.165) is 6.42 Å². The van der Waals surface area contributed by atoms with E-state index in [-0.39, 0.29) is 5.78 Å². The van der Waals surface area contributed by atoms with Crippen LogP contribution in [0.1, 0.15) is 26.2 Å². The van der Waals surface area contributed by atoms with E-state index in [9.17, 15) is 9.18 Å². The Labute approximate surface area is 47.9 Å². The van der Waals surface area contributed by atoms with Crippen molar-refractivity contribution in [2.24, 2.45) is 0 Å². The molecule has 1 saturated carbocycles. The Morgan fingerprint density at radius 2 is 2.12 bits per heavy atom. The van der Waals surface area contributed by atoms with Gasteiger partial charge in [0.1, 0.15) is 0 Å². The molecule has 0 aromatic carbocycles. The Hall–Kier alpha value is -0.400. The fourth-order valence-corrected chi connectivity index (χ4v) is 0.839. The fraction of sp³-hybridized carbons (Fsp3) is 0.833. The molecule has 1 rings (SSSR count). The smallest absolute Gasteiger partial charge is 0.168 e. The first-order valence-electron chi connectivity index (χ1n) is 2.85. The molecule has 0 unspecified atom stereocenters. The van der Waals surface area contributed by atoms with Crippen molar-refractivity contribution in [1.29, 1.82) is 0 Å². The van der Waals surface area contributed by atoms with Crippen molar-refractivity contribution in [3.63, 3.8) is 0 Å². The van der Waals surface area contributed by atoms with Gasteiger partial charge in [-0.25, -0.2) is 4.39 Å². The summed E-state index contributed by atoms with van der Waals surface area (Å²) >= 11 is 0. The molecule has 2 heteroatoms. The number of carbonyl (C=O) groups excluding carboxylic acids is 1. The molecule has 0 saturated heterocycles. The fourth-order valence-electron chi connectivity index (χ4n) is 0.839. The minimum atomic E-state index is -1.42. The number of carbonyl (C=O) groups is 1. The zero-order chi connectivity index (χ0) is 6.20. The van der Waals surface area contributed by atoms with Crippen molar-refractivity contribution in [3.05, 3.63) is 0 Å². The predicted octanol–water partition coefficient (Wildman–Crippen LogP) is 1.47. The SMILES string of the molecule is CC(=O)C1(F)CCC1. The zero-order valence-electron chi connectivity index (χ0n) is 4.91. The summed E-state index contributed by atoms with van der Waals surface area (Å²) in [5, 5.41) is 0. The second kappa shape index (κ2) is 1.54.